The maximum absolute atomic E-state index is 11.8. The van der Waals surface area contributed by atoms with Gasteiger partial charge in [0.25, 0.3) is 0 Å². The fourth-order valence-electron chi connectivity index (χ4n) is 6.45. The Hall–Kier alpha value is -0.790. The molecule has 250 valence electrons. The summed E-state index contributed by atoms with van der Waals surface area (Å²) < 4.78 is 0. The summed E-state index contributed by atoms with van der Waals surface area (Å²) in [6.45, 7) is 6.55. The molecule has 0 heterocycles. The second-order valence-corrected chi connectivity index (χ2v) is 13.7. The highest BCUT2D eigenvalue weighted by molar-refractivity contribution is 5.92. The molecular weight excluding hydrogens is 510 g/mol. The van der Waals surface area contributed by atoms with Gasteiger partial charge in [0.1, 0.15) is 0 Å². The Kier molecular flexibility index (Phi) is 34.0. The van der Waals surface area contributed by atoms with E-state index in [0.717, 1.165) is 18.4 Å². The zero-order chi connectivity index (χ0) is 30.8. The first-order valence-electron chi connectivity index (χ1n) is 19.6. The van der Waals surface area contributed by atoms with Crippen LogP contribution in [0.4, 0.5) is 0 Å². The van der Waals surface area contributed by atoms with Gasteiger partial charge < -0.3 is 5.73 Å². The molecule has 0 rings (SSSR count). The van der Waals surface area contributed by atoms with Crippen LogP contribution in [0.5, 0.6) is 0 Å². The Labute approximate surface area is 266 Å². The quantitative estimate of drug-likeness (QED) is 0.0580. The van der Waals surface area contributed by atoms with Gasteiger partial charge in [-0.05, 0) is 32.6 Å². The SMILES string of the molecule is CCCCCCCCCCCCCCCCCCC(CCCCCCCCCCCCCCCCCC)=C(C)C(N)=O. The van der Waals surface area contributed by atoms with Crippen molar-refractivity contribution in [3.05, 3.63) is 11.1 Å². The summed E-state index contributed by atoms with van der Waals surface area (Å²) in [6.07, 6.45) is 47.0. The smallest absolute Gasteiger partial charge is 0.244 e. The first kappa shape index (κ1) is 41.2. The normalized spacial score (nSPS) is 11.3. The Morgan fingerprint density at radius 1 is 0.357 bits per heavy atom. The molecular formula is C40H79NO. The monoisotopic (exact) mass is 590 g/mol. The third-order valence-electron chi connectivity index (χ3n) is 9.56. The van der Waals surface area contributed by atoms with Gasteiger partial charge in [0.05, 0.1) is 0 Å². The lowest BCUT2D eigenvalue weighted by atomic mass is 9.95. The van der Waals surface area contributed by atoms with E-state index in [9.17, 15) is 4.79 Å². The van der Waals surface area contributed by atoms with Crippen molar-refractivity contribution in [1.82, 2.24) is 0 Å². The molecule has 0 aromatic rings. The third kappa shape index (κ3) is 30.7. The number of unbranched alkanes of at least 4 members (excludes halogenated alkanes) is 30. The van der Waals surface area contributed by atoms with Crippen molar-refractivity contribution in [2.24, 2.45) is 5.73 Å². The van der Waals surface area contributed by atoms with Crippen molar-refractivity contribution in [3.8, 4) is 0 Å². The Balaban J connectivity index is 3.63. The van der Waals surface area contributed by atoms with Crippen LogP contribution in [0, 0.1) is 0 Å². The minimum absolute atomic E-state index is 0.210. The minimum Gasteiger partial charge on any atom is -0.366 e. The highest BCUT2D eigenvalue weighted by Gasteiger charge is 2.08. The lowest BCUT2D eigenvalue weighted by Gasteiger charge is -2.11. The van der Waals surface area contributed by atoms with Crippen molar-refractivity contribution >= 4 is 5.91 Å². The average molecular weight is 590 g/mol. The summed E-state index contributed by atoms with van der Waals surface area (Å²) in [5, 5.41) is 0. The molecule has 0 aromatic heterocycles. The number of hydrogen-bond acceptors (Lipinski definition) is 1. The van der Waals surface area contributed by atoms with Gasteiger partial charge in [-0.25, -0.2) is 0 Å². The van der Waals surface area contributed by atoms with Gasteiger partial charge in [-0.3, -0.25) is 4.79 Å². The number of rotatable bonds is 35. The number of primary amides is 1. The lowest BCUT2D eigenvalue weighted by Crippen LogP contribution is -2.14. The summed E-state index contributed by atoms with van der Waals surface area (Å²) >= 11 is 0. The van der Waals surface area contributed by atoms with Gasteiger partial charge in [-0.15, -0.1) is 0 Å². The molecule has 0 aliphatic carbocycles. The standard InChI is InChI=1S/C40H79NO/c1-4-6-8-10-12-14-16-18-20-22-24-26-28-30-32-34-36-39(38(3)40(41)42)37-35-33-31-29-27-25-23-21-19-17-15-13-11-9-7-5-2/h4-37H2,1-3H3,(H2,41,42). The van der Waals surface area contributed by atoms with Crippen molar-refractivity contribution < 1.29 is 4.79 Å². The van der Waals surface area contributed by atoms with Crippen LogP contribution in [0.15, 0.2) is 11.1 Å². The van der Waals surface area contributed by atoms with Crippen LogP contribution in [0.3, 0.4) is 0 Å². The van der Waals surface area contributed by atoms with E-state index in [1.807, 2.05) is 6.92 Å². The van der Waals surface area contributed by atoms with Gasteiger partial charge in [0, 0.05) is 5.57 Å². The van der Waals surface area contributed by atoms with E-state index in [0.29, 0.717) is 0 Å². The first-order chi connectivity index (χ1) is 20.6. The van der Waals surface area contributed by atoms with Crippen LogP contribution in [0.1, 0.15) is 239 Å². The molecule has 2 N–H and O–H groups in total. The molecule has 0 atom stereocenters. The van der Waals surface area contributed by atoms with Crippen molar-refractivity contribution in [2.75, 3.05) is 0 Å². The van der Waals surface area contributed by atoms with Gasteiger partial charge in [-0.1, -0.05) is 212 Å². The molecule has 0 radical (unpaired) electrons. The Morgan fingerprint density at radius 3 is 0.738 bits per heavy atom. The highest BCUT2D eigenvalue weighted by atomic mass is 16.1. The number of allylic oxidation sites excluding steroid dienone is 1. The molecule has 0 spiro atoms. The topological polar surface area (TPSA) is 43.1 Å². The van der Waals surface area contributed by atoms with Crippen LogP contribution >= 0.6 is 0 Å². The van der Waals surface area contributed by atoms with E-state index >= 15 is 0 Å². The zero-order valence-corrected chi connectivity index (χ0v) is 29.5. The molecule has 0 bridgehead atoms. The molecule has 2 heteroatoms. The second kappa shape index (κ2) is 34.7. The summed E-state index contributed by atoms with van der Waals surface area (Å²) in [4.78, 5) is 11.8. The predicted molar refractivity (Wildman–Crippen MR) is 190 cm³/mol. The van der Waals surface area contributed by atoms with Crippen molar-refractivity contribution in [1.29, 1.82) is 0 Å². The van der Waals surface area contributed by atoms with Crippen LogP contribution in [-0.4, -0.2) is 5.91 Å². The third-order valence-corrected chi connectivity index (χ3v) is 9.56. The van der Waals surface area contributed by atoms with E-state index in [1.165, 1.54) is 211 Å². The van der Waals surface area contributed by atoms with Gasteiger partial charge in [-0.2, -0.15) is 0 Å². The van der Waals surface area contributed by atoms with E-state index < -0.39 is 0 Å². The Morgan fingerprint density at radius 2 is 0.548 bits per heavy atom. The summed E-state index contributed by atoms with van der Waals surface area (Å²) in [5.41, 5.74) is 7.85. The van der Waals surface area contributed by atoms with Crippen LogP contribution in [-0.2, 0) is 4.79 Å². The largest absolute Gasteiger partial charge is 0.366 e. The molecule has 0 unspecified atom stereocenters. The maximum Gasteiger partial charge on any atom is 0.244 e. The number of carbonyl (C=O) groups excluding carboxylic acids is 1. The number of nitrogens with two attached hydrogens (primary N) is 1. The second-order valence-electron chi connectivity index (χ2n) is 13.7. The van der Waals surface area contributed by atoms with Crippen LogP contribution < -0.4 is 5.73 Å². The van der Waals surface area contributed by atoms with Crippen molar-refractivity contribution in [2.45, 2.75) is 239 Å². The number of carbonyl (C=O) groups is 1. The molecule has 42 heavy (non-hydrogen) atoms. The maximum atomic E-state index is 11.8. The molecule has 0 saturated heterocycles. The number of hydrogen-bond donors (Lipinski definition) is 1. The molecule has 0 aliphatic heterocycles. The van der Waals surface area contributed by atoms with Crippen LogP contribution in [0.2, 0.25) is 0 Å². The first-order valence-corrected chi connectivity index (χ1v) is 19.6. The Bertz CT molecular complexity index is 542. The van der Waals surface area contributed by atoms with Crippen molar-refractivity contribution in [3.63, 3.8) is 0 Å². The number of amides is 1. The lowest BCUT2D eigenvalue weighted by molar-refractivity contribution is -0.114. The molecule has 0 fully saturated rings. The fraction of sp³-hybridized carbons (Fsp3) is 0.925. The molecule has 0 saturated carbocycles. The fourth-order valence-corrected chi connectivity index (χ4v) is 6.45. The van der Waals surface area contributed by atoms with Gasteiger partial charge in [0.15, 0.2) is 0 Å². The summed E-state index contributed by atoms with van der Waals surface area (Å²) in [7, 11) is 0. The molecule has 0 aliphatic rings. The summed E-state index contributed by atoms with van der Waals surface area (Å²) in [6, 6.07) is 0. The zero-order valence-electron chi connectivity index (χ0n) is 29.5. The average Bonchev–Trinajstić information content (AvgIpc) is 2.99. The van der Waals surface area contributed by atoms with E-state index in [-0.39, 0.29) is 5.91 Å². The highest BCUT2D eigenvalue weighted by Crippen LogP contribution is 2.22. The van der Waals surface area contributed by atoms with Crippen LogP contribution in [0.25, 0.3) is 0 Å². The van der Waals surface area contributed by atoms with Gasteiger partial charge >= 0.3 is 0 Å². The van der Waals surface area contributed by atoms with E-state index in [4.69, 9.17) is 5.73 Å². The van der Waals surface area contributed by atoms with E-state index in [2.05, 4.69) is 13.8 Å². The predicted octanol–water partition coefficient (Wildman–Crippen LogP) is 14.1. The molecule has 0 aromatic carbocycles. The summed E-state index contributed by atoms with van der Waals surface area (Å²) in [5.74, 6) is -0.210. The van der Waals surface area contributed by atoms with E-state index in [1.54, 1.807) is 0 Å². The molecule has 2 nitrogen and oxygen atoms in total. The minimum atomic E-state index is -0.210. The van der Waals surface area contributed by atoms with Gasteiger partial charge in [0.2, 0.25) is 5.91 Å². The molecule has 1 amide bonds.